The highest BCUT2D eigenvalue weighted by molar-refractivity contribution is 5.67. The monoisotopic (exact) mass is 278 g/mol. The maximum Gasteiger partial charge on any atom is 0.409 e. The third-order valence-electron chi connectivity index (χ3n) is 3.31. The van der Waals surface area contributed by atoms with Gasteiger partial charge in [0, 0.05) is 26.7 Å². The van der Waals surface area contributed by atoms with Gasteiger partial charge in [0.2, 0.25) is 0 Å². The molecule has 0 aliphatic carbocycles. The summed E-state index contributed by atoms with van der Waals surface area (Å²) in [5.41, 5.74) is 0.995. The summed E-state index contributed by atoms with van der Waals surface area (Å²) in [6.07, 6.45) is 0.718. The molecule has 1 saturated heterocycles. The maximum atomic E-state index is 11.8. The van der Waals surface area contributed by atoms with Gasteiger partial charge in [-0.2, -0.15) is 0 Å². The predicted octanol–water partition coefficient (Wildman–Crippen LogP) is 1.63. The Morgan fingerprint density at radius 2 is 2.25 bits per heavy atom. The lowest BCUT2D eigenvalue weighted by atomic mass is 10.2. The summed E-state index contributed by atoms with van der Waals surface area (Å²) in [6.45, 7) is 3.46. The van der Waals surface area contributed by atoms with Crippen molar-refractivity contribution in [2.75, 3.05) is 33.3 Å². The van der Waals surface area contributed by atoms with E-state index in [1.165, 1.54) is 0 Å². The van der Waals surface area contributed by atoms with Crippen LogP contribution in [0.3, 0.4) is 0 Å². The molecule has 0 saturated carbocycles. The molecule has 0 spiro atoms. The Labute approximate surface area is 119 Å². The second kappa shape index (κ2) is 7.87. The van der Waals surface area contributed by atoms with Crippen molar-refractivity contribution in [1.82, 2.24) is 10.2 Å². The highest BCUT2D eigenvalue weighted by Gasteiger charge is 2.16. The Bertz CT molecular complexity index is 405. The number of amides is 1. The molecular weight excluding hydrogens is 256 g/mol. The summed E-state index contributed by atoms with van der Waals surface area (Å²) in [4.78, 5) is 13.4. The van der Waals surface area contributed by atoms with Gasteiger partial charge in [-0.15, -0.1) is 0 Å². The molecule has 0 aromatic heterocycles. The first kappa shape index (κ1) is 14.8. The van der Waals surface area contributed by atoms with Crippen LogP contribution >= 0.6 is 0 Å². The van der Waals surface area contributed by atoms with Gasteiger partial charge in [0.15, 0.2) is 0 Å². The van der Waals surface area contributed by atoms with Gasteiger partial charge in [0.1, 0.15) is 6.61 Å². The first-order valence-electron chi connectivity index (χ1n) is 7.00. The van der Waals surface area contributed by atoms with E-state index in [1.54, 1.807) is 11.9 Å². The Hall–Kier alpha value is -1.59. The van der Waals surface area contributed by atoms with Crippen LogP contribution in [0.4, 0.5) is 4.79 Å². The Balaban J connectivity index is 1.66. The summed E-state index contributed by atoms with van der Waals surface area (Å²) in [5.74, 6) is 0. The summed E-state index contributed by atoms with van der Waals surface area (Å²) in [5, 5.41) is 3.27. The molecule has 1 aromatic rings. The average molecular weight is 278 g/mol. The topological polar surface area (TPSA) is 50.8 Å². The number of benzene rings is 1. The number of hydrogen-bond donors (Lipinski definition) is 1. The molecule has 1 aliphatic rings. The van der Waals surface area contributed by atoms with Crippen LogP contribution in [0.25, 0.3) is 0 Å². The fraction of sp³-hybridized carbons (Fsp3) is 0.533. The number of carbonyl (C=O) groups is 1. The van der Waals surface area contributed by atoms with E-state index in [0.29, 0.717) is 13.2 Å². The second-order valence-corrected chi connectivity index (χ2v) is 4.95. The highest BCUT2D eigenvalue weighted by atomic mass is 16.6. The zero-order valence-electron chi connectivity index (χ0n) is 11.9. The normalized spacial score (nSPS) is 18.6. The van der Waals surface area contributed by atoms with E-state index in [0.717, 1.165) is 31.7 Å². The van der Waals surface area contributed by atoms with Crippen molar-refractivity contribution in [2.24, 2.45) is 0 Å². The Morgan fingerprint density at radius 1 is 1.45 bits per heavy atom. The molecule has 0 unspecified atom stereocenters. The molecule has 0 radical (unpaired) electrons. The number of hydrogen-bond acceptors (Lipinski definition) is 4. The van der Waals surface area contributed by atoms with E-state index >= 15 is 0 Å². The molecule has 0 bridgehead atoms. The smallest absolute Gasteiger partial charge is 0.409 e. The van der Waals surface area contributed by atoms with Crippen LogP contribution in [0.15, 0.2) is 30.3 Å². The molecule has 1 amide bonds. The third-order valence-corrected chi connectivity index (χ3v) is 3.31. The van der Waals surface area contributed by atoms with E-state index < -0.39 is 0 Å². The van der Waals surface area contributed by atoms with Crippen LogP contribution < -0.4 is 5.32 Å². The molecule has 1 aromatic carbocycles. The van der Waals surface area contributed by atoms with E-state index in [1.807, 2.05) is 30.3 Å². The van der Waals surface area contributed by atoms with Crippen LogP contribution in [0.5, 0.6) is 0 Å². The van der Waals surface area contributed by atoms with E-state index in [-0.39, 0.29) is 12.2 Å². The van der Waals surface area contributed by atoms with Crippen molar-refractivity contribution in [3.8, 4) is 0 Å². The lowest BCUT2D eigenvalue weighted by molar-refractivity contribution is 0.0178. The summed E-state index contributed by atoms with van der Waals surface area (Å²) >= 11 is 0. The quantitative estimate of drug-likeness (QED) is 0.889. The number of rotatable bonds is 5. The van der Waals surface area contributed by atoms with Gasteiger partial charge in [-0.1, -0.05) is 30.3 Å². The first-order chi connectivity index (χ1) is 9.75. The number of nitrogens with one attached hydrogen (secondary N) is 1. The third kappa shape index (κ3) is 4.83. The molecule has 1 aliphatic heterocycles. The van der Waals surface area contributed by atoms with E-state index in [2.05, 4.69) is 5.32 Å². The summed E-state index contributed by atoms with van der Waals surface area (Å²) in [6, 6.07) is 9.68. The van der Waals surface area contributed by atoms with Crippen LogP contribution in [-0.4, -0.2) is 50.4 Å². The highest BCUT2D eigenvalue weighted by Crippen LogP contribution is 2.05. The van der Waals surface area contributed by atoms with Crippen LogP contribution in [0.2, 0.25) is 0 Å². The van der Waals surface area contributed by atoms with Gasteiger partial charge in [-0.25, -0.2) is 4.79 Å². The van der Waals surface area contributed by atoms with Gasteiger partial charge in [0.05, 0.1) is 12.7 Å². The average Bonchev–Trinajstić information content (AvgIpc) is 2.52. The molecule has 1 N–H and O–H groups in total. The number of carbonyl (C=O) groups excluding carboxylic acids is 1. The summed E-state index contributed by atoms with van der Waals surface area (Å²) < 4.78 is 10.9. The zero-order valence-corrected chi connectivity index (χ0v) is 11.9. The van der Waals surface area contributed by atoms with Crippen molar-refractivity contribution in [3.63, 3.8) is 0 Å². The molecule has 1 fully saturated rings. The number of nitrogens with zero attached hydrogens (tertiary/aromatic N) is 1. The van der Waals surface area contributed by atoms with E-state index in [4.69, 9.17) is 9.47 Å². The standard InChI is InChI=1S/C15H22N2O3/c1-17(9-7-14-11-16-8-10-19-14)15(18)20-12-13-5-3-2-4-6-13/h2-6,14,16H,7-12H2,1H3/t14-/m0/s1. The molecule has 2 rings (SSSR count). The fourth-order valence-corrected chi connectivity index (χ4v) is 2.06. The number of ether oxygens (including phenoxy) is 2. The minimum absolute atomic E-state index is 0.188. The molecule has 1 atom stereocenters. The SMILES string of the molecule is CN(CC[C@H]1CNCCO1)C(=O)OCc1ccccc1. The van der Waals surface area contributed by atoms with Crippen LogP contribution in [0.1, 0.15) is 12.0 Å². The first-order valence-corrected chi connectivity index (χ1v) is 7.00. The summed E-state index contributed by atoms with van der Waals surface area (Å²) in [7, 11) is 1.75. The molecule has 1 heterocycles. The lowest BCUT2D eigenvalue weighted by Crippen LogP contribution is -2.40. The minimum Gasteiger partial charge on any atom is -0.445 e. The van der Waals surface area contributed by atoms with Crippen molar-refractivity contribution in [2.45, 2.75) is 19.1 Å². The fourth-order valence-electron chi connectivity index (χ4n) is 2.06. The molecule has 5 heteroatoms. The van der Waals surface area contributed by atoms with Crippen molar-refractivity contribution in [3.05, 3.63) is 35.9 Å². The van der Waals surface area contributed by atoms with Gasteiger partial charge in [-0.3, -0.25) is 0 Å². The van der Waals surface area contributed by atoms with Crippen molar-refractivity contribution < 1.29 is 14.3 Å². The predicted molar refractivity (Wildman–Crippen MR) is 76.5 cm³/mol. The Morgan fingerprint density at radius 3 is 2.95 bits per heavy atom. The largest absolute Gasteiger partial charge is 0.445 e. The molecule has 110 valence electrons. The molecule has 20 heavy (non-hydrogen) atoms. The van der Waals surface area contributed by atoms with Gasteiger partial charge >= 0.3 is 6.09 Å². The molecular formula is C15H22N2O3. The lowest BCUT2D eigenvalue weighted by Gasteiger charge is -2.25. The number of morpholine rings is 1. The van der Waals surface area contributed by atoms with Gasteiger partial charge in [0.25, 0.3) is 0 Å². The van der Waals surface area contributed by atoms with Crippen LogP contribution in [-0.2, 0) is 16.1 Å². The second-order valence-electron chi connectivity index (χ2n) is 4.95. The van der Waals surface area contributed by atoms with Crippen molar-refractivity contribution >= 4 is 6.09 Å². The minimum atomic E-state index is -0.294. The maximum absolute atomic E-state index is 11.8. The van der Waals surface area contributed by atoms with Crippen LogP contribution in [0, 0.1) is 0 Å². The van der Waals surface area contributed by atoms with Crippen molar-refractivity contribution in [1.29, 1.82) is 0 Å². The van der Waals surface area contributed by atoms with Gasteiger partial charge < -0.3 is 19.7 Å². The molecule has 5 nitrogen and oxygen atoms in total. The van der Waals surface area contributed by atoms with E-state index in [9.17, 15) is 4.79 Å². The van der Waals surface area contributed by atoms with Gasteiger partial charge in [-0.05, 0) is 12.0 Å². The zero-order chi connectivity index (χ0) is 14.2. The Kier molecular flexibility index (Phi) is 5.83.